The quantitative estimate of drug-likeness (QED) is 0.799. The Labute approximate surface area is 173 Å². The normalized spacial score (nSPS) is 31.9. The smallest absolute Gasteiger partial charge is 0.248 e. The summed E-state index contributed by atoms with van der Waals surface area (Å²) in [6.45, 7) is 8.02. The number of aliphatic hydroxyl groups is 1. The molecule has 3 N–H and O–H groups in total. The molecule has 2 saturated carbocycles. The molecular weight excluding hydrogens is 364 g/mol. The molecule has 1 aromatic carbocycles. The van der Waals surface area contributed by atoms with E-state index in [9.17, 15) is 14.7 Å². The first kappa shape index (κ1) is 20.5. The van der Waals surface area contributed by atoms with Crippen LogP contribution in [0.1, 0.15) is 79.4 Å². The van der Waals surface area contributed by atoms with Crippen LogP contribution < -0.4 is 5.73 Å². The number of carbonyl (C=O) groups is 2. The molecule has 1 aromatic rings. The van der Waals surface area contributed by atoms with Crippen LogP contribution in [0.5, 0.6) is 0 Å². The fraction of sp³-hybridized carbons (Fsp3) is 0.667. The third-order valence-electron chi connectivity index (χ3n) is 8.19. The second-order valence-corrected chi connectivity index (χ2v) is 9.71. The second kappa shape index (κ2) is 7.21. The van der Waals surface area contributed by atoms with Gasteiger partial charge in [0, 0.05) is 36.4 Å². The molecule has 0 bridgehead atoms. The van der Waals surface area contributed by atoms with E-state index >= 15 is 0 Å². The van der Waals surface area contributed by atoms with Crippen LogP contribution in [0.3, 0.4) is 0 Å². The molecule has 29 heavy (non-hydrogen) atoms. The number of ketones is 1. The maximum Gasteiger partial charge on any atom is 0.248 e. The molecule has 158 valence electrons. The number of nitrogens with zero attached hydrogens (tertiary/aromatic N) is 1. The molecule has 3 atom stereocenters. The summed E-state index contributed by atoms with van der Waals surface area (Å²) in [4.78, 5) is 27.0. The van der Waals surface area contributed by atoms with E-state index in [0.29, 0.717) is 24.8 Å². The third kappa shape index (κ3) is 3.05. The minimum absolute atomic E-state index is 0.0162. The summed E-state index contributed by atoms with van der Waals surface area (Å²) < 4.78 is 0. The van der Waals surface area contributed by atoms with Crippen LogP contribution in [0.15, 0.2) is 12.1 Å². The lowest BCUT2D eigenvalue weighted by Gasteiger charge is -2.59. The van der Waals surface area contributed by atoms with E-state index in [1.54, 1.807) is 0 Å². The summed E-state index contributed by atoms with van der Waals surface area (Å²) >= 11 is 0. The Hall–Kier alpha value is -1.72. The Bertz CT molecular complexity index is 847. The molecule has 5 heteroatoms. The van der Waals surface area contributed by atoms with Gasteiger partial charge in [0.25, 0.3) is 0 Å². The number of rotatable bonds is 5. The van der Waals surface area contributed by atoms with Crippen LogP contribution in [0.25, 0.3) is 0 Å². The van der Waals surface area contributed by atoms with Crippen molar-refractivity contribution in [2.75, 3.05) is 13.1 Å². The number of likely N-dealkylation sites (N-methyl/N-ethyl adjacent to an activating group) is 1. The SMILES string of the molecule is CCN(CC1CCC1)[C@@H]1Cc2ccc(C(N)=O)c(C)c2[C@@]2(C)CC(=O)CC[C@@]12O. The predicted molar refractivity (Wildman–Crippen MR) is 113 cm³/mol. The monoisotopic (exact) mass is 398 g/mol. The fourth-order valence-electron chi connectivity index (χ4n) is 6.35. The van der Waals surface area contributed by atoms with E-state index in [4.69, 9.17) is 5.73 Å². The molecule has 5 nitrogen and oxygen atoms in total. The zero-order chi connectivity index (χ0) is 21.0. The summed E-state index contributed by atoms with van der Waals surface area (Å²) in [5.41, 5.74) is 7.35. The van der Waals surface area contributed by atoms with E-state index in [2.05, 4.69) is 11.8 Å². The van der Waals surface area contributed by atoms with Gasteiger partial charge in [-0.2, -0.15) is 0 Å². The maximum atomic E-state index is 12.6. The van der Waals surface area contributed by atoms with Gasteiger partial charge in [-0.1, -0.05) is 26.3 Å². The van der Waals surface area contributed by atoms with Crippen LogP contribution in [0, 0.1) is 12.8 Å². The maximum absolute atomic E-state index is 12.6. The molecule has 0 aromatic heterocycles. The summed E-state index contributed by atoms with van der Waals surface area (Å²) in [5, 5.41) is 12.2. The van der Waals surface area contributed by atoms with Crippen molar-refractivity contribution in [1.29, 1.82) is 0 Å². The molecule has 0 aliphatic heterocycles. The lowest BCUT2D eigenvalue weighted by atomic mass is 9.52. The molecular formula is C24H34N2O3. The van der Waals surface area contributed by atoms with Gasteiger partial charge in [-0.25, -0.2) is 0 Å². The highest BCUT2D eigenvalue weighted by Gasteiger charge is 2.60. The Kier molecular flexibility index (Phi) is 5.11. The van der Waals surface area contributed by atoms with Crippen molar-refractivity contribution in [3.63, 3.8) is 0 Å². The third-order valence-corrected chi connectivity index (χ3v) is 8.19. The number of nitrogens with two attached hydrogens (primary N) is 1. The van der Waals surface area contributed by atoms with Gasteiger partial charge in [0.2, 0.25) is 5.91 Å². The first-order valence-corrected chi connectivity index (χ1v) is 11.1. The van der Waals surface area contributed by atoms with E-state index in [0.717, 1.165) is 42.1 Å². The molecule has 0 saturated heterocycles. The summed E-state index contributed by atoms with van der Waals surface area (Å²) in [5.74, 6) is 0.451. The molecule has 3 aliphatic rings. The van der Waals surface area contributed by atoms with Crippen molar-refractivity contribution in [1.82, 2.24) is 4.90 Å². The van der Waals surface area contributed by atoms with Gasteiger partial charge >= 0.3 is 0 Å². The highest BCUT2D eigenvalue weighted by molar-refractivity contribution is 5.95. The summed E-state index contributed by atoms with van der Waals surface area (Å²) in [6, 6.07) is 3.79. The fourth-order valence-corrected chi connectivity index (χ4v) is 6.35. The van der Waals surface area contributed by atoms with Crippen molar-refractivity contribution in [2.45, 2.75) is 82.8 Å². The van der Waals surface area contributed by atoms with Crippen LogP contribution in [-0.2, 0) is 16.6 Å². The predicted octanol–water partition coefficient (Wildman–Crippen LogP) is 2.88. The van der Waals surface area contributed by atoms with E-state index in [-0.39, 0.29) is 11.8 Å². The number of carbonyl (C=O) groups excluding carboxylic acids is 2. The molecule has 0 heterocycles. The van der Waals surface area contributed by atoms with Gasteiger partial charge in [0.05, 0.1) is 5.60 Å². The number of hydrogen-bond donors (Lipinski definition) is 2. The second-order valence-electron chi connectivity index (χ2n) is 9.71. The molecule has 0 radical (unpaired) electrons. The summed E-state index contributed by atoms with van der Waals surface area (Å²) in [6.07, 6.45) is 5.82. The molecule has 4 rings (SSSR count). The van der Waals surface area contributed by atoms with E-state index in [1.807, 2.05) is 26.0 Å². The average Bonchev–Trinajstić information content (AvgIpc) is 2.62. The Morgan fingerprint density at radius 1 is 1.34 bits per heavy atom. The Morgan fingerprint density at radius 3 is 2.66 bits per heavy atom. The number of fused-ring (bicyclic) bond motifs is 3. The Morgan fingerprint density at radius 2 is 2.07 bits per heavy atom. The van der Waals surface area contributed by atoms with Crippen LogP contribution in [0.4, 0.5) is 0 Å². The van der Waals surface area contributed by atoms with Gasteiger partial charge in [-0.15, -0.1) is 0 Å². The lowest BCUT2D eigenvalue weighted by Crippen LogP contribution is -2.69. The molecule has 2 fully saturated rings. The van der Waals surface area contributed by atoms with E-state index in [1.165, 1.54) is 19.3 Å². The number of primary amides is 1. The molecule has 1 amide bonds. The summed E-state index contributed by atoms with van der Waals surface area (Å²) in [7, 11) is 0. The van der Waals surface area contributed by atoms with Crippen LogP contribution in [0.2, 0.25) is 0 Å². The van der Waals surface area contributed by atoms with Crippen molar-refractivity contribution in [3.05, 3.63) is 34.4 Å². The number of Topliss-reactive ketones (excluding diaryl/α,β-unsaturated/α-hetero) is 1. The molecule has 0 spiro atoms. The van der Waals surface area contributed by atoms with Crippen molar-refractivity contribution >= 4 is 11.7 Å². The minimum Gasteiger partial charge on any atom is -0.387 e. The number of hydrogen-bond acceptors (Lipinski definition) is 4. The highest BCUT2D eigenvalue weighted by atomic mass is 16.3. The van der Waals surface area contributed by atoms with Crippen molar-refractivity contribution in [2.24, 2.45) is 11.7 Å². The zero-order valence-electron chi connectivity index (χ0n) is 18.0. The standard InChI is InChI=1S/C24H34N2O3/c1-4-26(14-16-6-5-7-16)20-12-17-8-9-19(22(25)28)15(2)21(17)23(3)13-18(27)10-11-24(20,23)29/h8-9,16,20,29H,4-7,10-14H2,1-3H3,(H2,25,28)/t20-,23-,24-/m1/s1. The zero-order valence-corrected chi connectivity index (χ0v) is 18.0. The van der Waals surface area contributed by atoms with Crippen LogP contribution >= 0.6 is 0 Å². The first-order valence-electron chi connectivity index (χ1n) is 11.1. The molecule has 3 aliphatic carbocycles. The topological polar surface area (TPSA) is 83.6 Å². The van der Waals surface area contributed by atoms with Gasteiger partial charge in [-0.05, 0) is 67.8 Å². The van der Waals surface area contributed by atoms with Crippen LogP contribution in [-0.4, -0.2) is 46.4 Å². The molecule has 0 unspecified atom stereocenters. The lowest BCUT2D eigenvalue weighted by molar-refractivity contribution is -0.151. The minimum atomic E-state index is -0.991. The first-order chi connectivity index (χ1) is 13.7. The van der Waals surface area contributed by atoms with Gasteiger partial charge < -0.3 is 10.8 Å². The Balaban J connectivity index is 1.85. The van der Waals surface area contributed by atoms with Crippen molar-refractivity contribution < 1.29 is 14.7 Å². The van der Waals surface area contributed by atoms with Gasteiger partial charge in [0.15, 0.2) is 0 Å². The van der Waals surface area contributed by atoms with E-state index < -0.39 is 16.9 Å². The number of amides is 1. The number of benzene rings is 1. The van der Waals surface area contributed by atoms with Crippen molar-refractivity contribution in [3.8, 4) is 0 Å². The van der Waals surface area contributed by atoms with Gasteiger partial charge in [0.1, 0.15) is 5.78 Å². The average molecular weight is 399 g/mol. The largest absolute Gasteiger partial charge is 0.387 e. The van der Waals surface area contributed by atoms with Gasteiger partial charge in [-0.3, -0.25) is 14.5 Å². The highest BCUT2D eigenvalue weighted by Crippen LogP contribution is 2.54.